The third kappa shape index (κ3) is 6.22. The summed E-state index contributed by atoms with van der Waals surface area (Å²) in [5.74, 6) is 1.24. The third-order valence-electron chi connectivity index (χ3n) is 4.45. The summed E-state index contributed by atoms with van der Waals surface area (Å²) in [5, 5.41) is 3.93. The maximum absolute atomic E-state index is 12.7. The van der Waals surface area contributed by atoms with Crippen molar-refractivity contribution in [1.29, 1.82) is 0 Å². The van der Waals surface area contributed by atoms with Gasteiger partial charge in [0.15, 0.2) is 11.5 Å². The highest BCUT2D eigenvalue weighted by atomic mass is 32.2. The van der Waals surface area contributed by atoms with E-state index in [9.17, 15) is 8.42 Å². The van der Waals surface area contributed by atoms with Gasteiger partial charge in [0.25, 0.3) is 10.0 Å². The van der Waals surface area contributed by atoms with E-state index < -0.39 is 10.0 Å². The first-order chi connectivity index (χ1) is 13.8. The zero-order valence-electron chi connectivity index (χ0n) is 17.8. The molecule has 0 aliphatic rings. The van der Waals surface area contributed by atoms with Crippen LogP contribution in [0.3, 0.4) is 0 Å². The molecule has 0 amide bonds. The lowest BCUT2D eigenvalue weighted by Crippen LogP contribution is -2.20. The summed E-state index contributed by atoms with van der Waals surface area (Å²) >= 11 is 0. The van der Waals surface area contributed by atoms with Gasteiger partial charge in [0.1, 0.15) is 0 Å². The number of hydrogen-bond acceptors (Lipinski definition) is 5. The van der Waals surface area contributed by atoms with E-state index in [4.69, 9.17) is 9.47 Å². The van der Waals surface area contributed by atoms with E-state index in [-0.39, 0.29) is 4.90 Å². The van der Waals surface area contributed by atoms with Gasteiger partial charge in [-0.25, -0.2) is 4.83 Å². The molecule has 2 aromatic carbocycles. The van der Waals surface area contributed by atoms with Crippen LogP contribution in [0, 0.1) is 20.8 Å². The molecule has 0 aliphatic heterocycles. The van der Waals surface area contributed by atoms with E-state index in [1.54, 1.807) is 39.2 Å². The number of ether oxygens (including phenoxy) is 2. The number of rotatable bonds is 10. The van der Waals surface area contributed by atoms with Crippen molar-refractivity contribution in [3.63, 3.8) is 0 Å². The fraction of sp³-hybridized carbons (Fsp3) is 0.409. The van der Waals surface area contributed by atoms with Crippen LogP contribution >= 0.6 is 0 Å². The summed E-state index contributed by atoms with van der Waals surface area (Å²) in [6.45, 7) is 8.27. The zero-order chi connectivity index (χ0) is 21.4. The molecule has 0 saturated heterocycles. The molecule has 7 heteroatoms. The molecule has 29 heavy (non-hydrogen) atoms. The summed E-state index contributed by atoms with van der Waals surface area (Å²) in [7, 11) is -2.18. The molecule has 0 heterocycles. The van der Waals surface area contributed by atoms with Gasteiger partial charge in [0.05, 0.1) is 24.8 Å². The van der Waals surface area contributed by atoms with Crippen molar-refractivity contribution in [2.75, 3.05) is 13.7 Å². The number of methoxy groups -OCH3 is 1. The van der Waals surface area contributed by atoms with Gasteiger partial charge >= 0.3 is 0 Å². The van der Waals surface area contributed by atoms with Crippen LogP contribution in [-0.4, -0.2) is 28.3 Å². The van der Waals surface area contributed by atoms with Crippen molar-refractivity contribution in [2.45, 2.75) is 51.9 Å². The average molecular weight is 419 g/mol. The van der Waals surface area contributed by atoms with Crippen LogP contribution in [0.4, 0.5) is 0 Å². The number of nitrogens with one attached hydrogen (secondary N) is 1. The molecule has 0 saturated carbocycles. The minimum Gasteiger partial charge on any atom is -0.493 e. The fourth-order valence-corrected chi connectivity index (χ4v) is 4.47. The maximum Gasteiger partial charge on any atom is 0.277 e. The van der Waals surface area contributed by atoms with E-state index >= 15 is 0 Å². The number of hydrazone groups is 1. The summed E-state index contributed by atoms with van der Waals surface area (Å²) in [4.78, 5) is 2.55. The predicted molar refractivity (Wildman–Crippen MR) is 117 cm³/mol. The van der Waals surface area contributed by atoms with Crippen LogP contribution in [0.15, 0.2) is 40.3 Å². The summed E-state index contributed by atoms with van der Waals surface area (Å²) < 4.78 is 36.4. The van der Waals surface area contributed by atoms with Crippen LogP contribution < -0.4 is 14.3 Å². The first kappa shape index (κ1) is 22.7. The molecule has 2 aromatic rings. The molecule has 158 valence electrons. The SMILES string of the molecule is CCCCCOc1ccc(/C=N/NS(=O)(=O)c2c(C)cc(C)cc2C)cc1OC. The molecule has 0 spiro atoms. The van der Waals surface area contributed by atoms with Crippen molar-refractivity contribution < 1.29 is 17.9 Å². The number of unbranched alkanes of at least 4 members (excludes halogenated alkanes) is 2. The molecular formula is C22H30N2O4S. The van der Waals surface area contributed by atoms with Crippen LogP contribution in [0.25, 0.3) is 0 Å². The predicted octanol–water partition coefficient (Wildman–Crippen LogP) is 4.50. The molecule has 2 rings (SSSR count). The van der Waals surface area contributed by atoms with Crippen LogP contribution in [0.2, 0.25) is 0 Å². The Morgan fingerprint density at radius 1 is 1.03 bits per heavy atom. The van der Waals surface area contributed by atoms with Crippen LogP contribution in [0.1, 0.15) is 48.4 Å². The number of aryl methyl sites for hydroxylation is 3. The van der Waals surface area contributed by atoms with Gasteiger partial charge in [-0.2, -0.15) is 13.5 Å². The van der Waals surface area contributed by atoms with E-state index in [0.717, 1.165) is 24.8 Å². The second-order valence-electron chi connectivity index (χ2n) is 7.05. The van der Waals surface area contributed by atoms with Crippen LogP contribution in [0.5, 0.6) is 11.5 Å². The van der Waals surface area contributed by atoms with Crippen LogP contribution in [-0.2, 0) is 10.0 Å². The largest absolute Gasteiger partial charge is 0.493 e. The Hall–Kier alpha value is -2.54. The van der Waals surface area contributed by atoms with Gasteiger partial charge in [-0.1, -0.05) is 37.5 Å². The average Bonchev–Trinajstić information content (AvgIpc) is 2.64. The molecule has 0 unspecified atom stereocenters. The normalized spacial score (nSPS) is 11.6. The highest BCUT2D eigenvalue weighted by Crippen LogP contribution is 2.28. The van der Waals surface area contributed by atoms with Crippen molar-refractivity contribution in [3.05, 3.63) is 52.6 Å². The Kier molecular flexibility index (Phi) is 8.08. The first-order valence-electron chi connectivity index (χ1n) is 9.72. The van der Waals surface area contributed by atoms with Gasteiger partial charge < -0.3 is 9.47 Å². The van der Waals surface area contributed by atoms with Gasteiger partial charge in [-0.05, 0) is 62.1 Å². The second kappa shape index (κ2) is 10.3. The second-order valence-corrected chi connectivity index (χ2v) is 8.64. The highest BCUT2D eigenvalue weighted by molar-refractivity contribution is 7.89. The summed E-state index contributed by atoms with van der Waals surface area (Å²) in [6.07, 6.45) is 4.68. The Morgan fingerprint density at radius 2 is 1.72 bits per heavy atom. The highest BCUT2D eigenvalue weighted by Gasteiger charge is 2.19. The lowest BCUT2D eigenvalue weighted by atomic mass is 10.1. The molecule has 0 aromatic heterocycles. The maximum atomic E-state index is 12.7. The minimum atomic E-state index is -3.75. The number of sulfonamides is 1. The Morgan fingerprint density at radius 3 is 2.34 bits per heavy atom. The van der Waals surface area contributed by atoms with Gasteiger partial charge in [0, 0.05) is 0 Å². The first-order valence-corrected chi connectivity index (χ1v) is 11.2. The standard InChI is InChI=1S/C22H30N2O4S/c1-6-7-8-11-28-20-10-9-19(14-21(20)27-5)15-23-24-29(25,26)22-17(3)12-16(2)13-18(22)4/h9-10,12-15,24H,6-8,11H2,1-5H3/b23-15+. The molecule has 0 atom stereocenters. The Balaban J connectivity index is 2.11. The molecule has 0 radical (unpaired) electrons. The topological polar surface area (TPSA) is 77.0 Å². The number of benzene rings is 2. The molecular weight excluding hydrogens is 388 g/mol. The third-order valence-corrected chi connectivity index (χ3v) is 5.98. The van der Waals surface area contributed by atoms with E-state index in [1.165, 1.54) is 6.21 Å². The summed E-state index contributed by atoms with van der Waals surface area (Å²) in [5.41, 5.74) is 3.10. The number of nitrogens with zero attached hydrogens (tertiary/aromatic N) is 1. The fourth-order valence-electron chi connectivity index (χ4n) is 3.22. The monoisotopic (exact) mass is 418 g/mol. The van der Waals surface area contributed by atoms with Crippen molar-refractivity contribution in [1.82, 2.24) is 4.83 Å². The molecule has 1 N–H and O–H groups in total. The summed E-state index contributed by atoms with van der Waals surface area (Å²) in [6, 6.07) is 9.05. The van der Waals surface area contributed by atoms with E-state index in [2.05, 4.69) is 16.9 Å². The van der Waals surface area contributed by atoms with Crippen molar-refractivity contribution in [3.8, 4) is 11.5 Å². The Bertz CT molecular complexity index is 946. The molecule has 0 bridgehead atoms. The molecule has 0 fully saturated rings. The van der Waals surface area contributed by atoms with E-state index in [0.29, 0.717) is 34.8 Å². The smallest absolute Gasteiger partial charge is 0.277 e. The van der Waals surface area contributed by atoms with Gasteiger partial charge in [0.2, 0.25) is 0 Å². The molecule has 6 nitrogen and oxygen atoms in total. The van der Waals surface area contributed by atoms with Gasteiger partial charge in [-0.3, -0.25) is 0 Å². The Labute approximate surface area is 174 Å². The zero-order valence-corrected chi connectivity index (χ0v) is 18.6. The minimum absolute atomic E-state index is 0.258. The van der Waals surface area contributed by atoms with E-state index in [1.807, 2.05) is 19.1 Å². The van der Waals surface area contributed by atoms with Crippen molar-refractivity contribution in [2.24, 2.45) is 5.10 Å². The lowest BCUT2D eigenvalue weighted by Gasteiger charge is -2.12. The lowest BCUT2D eigenvalue weighted by molar-refractivity contribution is 0.286. The molecule has 0 aliphatic carbocycles. The van der Waals surface area contributed by atoms with Crippen molar-refractivity contribution >= 4 is 16.2 Å². The van der Waals surface area contributed by atoms with Gasteiger partial charge in [-0.15, -0.1) is 0 Å². The quantitative estimate of drug-likeness (QED) is 0.350. The number of hydrogen-bond donors (Lipinski definition) is 1.